The Kier molecular flexibility index (Phi) is 3.62. The minimum Gasteiger partial charge on any atom is -0.317 e. The zero-order valence-electron chi connectivity index (χ0n) is 9.31. The number of ketones is 1. The summed E-state index contributed by atoms with van der Waals surface area (Å²) in [7, 11) is 0. The van der Waals surface area contributed by atoms with Gasteiger partial charge in [0.05, 0.1) is 0 Å². The second kappa shape index (κ2) is 5.00. The van der Waals surface area contributed by atoms with Gasteiger partial charge in [0, 0.05) is 15.5 Å². The van der Waals surface area contributed by atoms with Gasteiger partial charge in [-0.2, -0.15) is 0 Å². The molecular weight excluding hydrogens is 254 g/mol. The zero-order chi connectivity index (χ0) is 12.4. The summed E-state index contributed by atoms with van der Waals surface area (Å²) in [5.74, 6) is -0.102. The fraction of sp³-hybridized carbons (Fsp3) is 0.154. The Morgan fingerprint density at radius 1 is 1.41 bits per heavy atom. The van der Waals surface area contributed by atoms with Crippen LogP contribution < -0.4 is 5.73 Å². The van der Waals surface area contributed by atoms with E-state index in [1.807, 2.05) is 30.5 Å². The molecule has 1 aromatic heterocycles. The van der Waals surface area contributed by atoms with Crippen LogP contribution in [0.15, 0.2) is 35.7 Å². The van der Waals surface area contributed by atoms with Crippen LogP contribution in [-0.2, 0) is 0 Å². The lowest BCUT2D eigenvalue weighted by Gasteiger charge is -2.09. The first-order chi connectivity index (χ1) is 8.09. The molecule has 1 unspecified atom stereocenters. The average Bonchev–Trinajstić information content (AvgIpc) is 2.84. The van der Waals surface area contributed by atoms with E-state index in [4.69, 9.17) is 17.3 Å². The topological polar surface area (TPSA) is 43.1 Å². The highest BCUT2D eigenvalue weighted by Gasteiger charge is 2.18. The third kappa shape index (κ3) is 2.57. The van der Waals surface area contributed by atoms with E-state index in [0.29, 0.717) is 10.6 Å². The van der Waals surface area contributed by atoms with Gasteiger partial charge in [0.15, 0.2) is 5.78 Å². The number of halogens is 1. The molecule has 0 bridgehead atoms. The van der Waals surface area contributed by atoms with Crippen LogP contribution >= 0.6 is 22.9 Å². The molecule has 0 amide bonds. The molecule has 1 aromatic carbocycles. The highest BCUT2D eigenvalue weighted by Crippen LogP contribution is 2.23. The summed E-state index contributed by atoms with van der Waals surface area (Å²) in [6.45, 7) is 1.90. The molecule has 0 saturated heterocycles. The van der Waals surface area contributed by atoms with Crippen LogP contribution in [0.5, 0.6) is 0 Å². The van der Waals surface area contributed by atoms with E-state index >= 15 is 0 Å². The van der Waals surface area contributed by atoms with Gasteiger partial charge in [-0.25, -0.2) is 0 Å². The molecule has 0 spiro atoms. The fourth-order valence-corrected chi connectivity index (χ4v) is 2.43. The highest BCUT2D eigenvalue weighted by molar-refractivity contribution is 7.10. The molecule has 2 N–H and O–H groups in total. The lowest BCUT2D eigenvalue weighted by atomic mass is 10.0. The molecule has 2 rings (SSSR count). The first-order valence-electron chi connectivity index (χ1n) is 5.19. The number of hydrogen-bond acceptors (Lipinski definition) is 3. The van der Waals surface area contributed by atoms with Crippen LogP contribution in [0.25, 0.3) is 0 Å². The van der Waals surface area contributed by atoms with E-state index in [1.165, 1.54) is 11.3 Å². The number of benzene rings is 1. The van der Waals surface area contributed by atoms with Crippen LogP contribution in [0.3, 0.4) is 0 Å². The molecule has 1 atom stereocenters. The van der Waals surface area contributed by atoms with Gasteiger partial charge in [-0.05, 0) is 30.0 Å². The summed E-state index contributed by atoms with van der Waals surface area (Å²) < 4.78 is 0. The quantitative estimate of drug-likeness (QED) is 0.862. The summed E-state index contributed by atoms with van der Waals surface area (Å²) in [6.07, 6.45) is 0. The summed E-state index contributed by atoms with van der Waals surface area (Å²) in [6, 6.07) is 8.41. The Labute approximate surface area is 109 Å². The molecule has 88 valence electrons. The predicted molar refractivity (Wildman–Crippen MR) is 71.8 cm³/mol. The van der Waals surface area contributed by atoms with E-state index in [1.54, 1.807) is 12.1 Å². The Hall–Kier alpha value is -1.16. The third-order valence-electron chi connectivity index (χ3n) is 2.59. The summed E-state index contributed by atoms with van der Waals surface area (Å²) in [5.41, 5.74) is 7.43. The largest absolute Gasteiger partial charge is 0.317 e. The van der Waals surface area contributed by atoms with Crippen molar-refractivity contribution in [1.82, 2.24) is 0 Å². The van der Waals surface area contributed by atoms with Gasteiger partial charge in [-0.15, -0.1) is 11.3 Å². The van der Waals surface area contributed by atoms with Crippen molar-refractivity contribution in [2.75, 3.05) is 0 Å². The van der Waals surface area contributed by atoms with E-state index in [9.17, 15) is 4.79 Å². The lowest BCUT2D eigenvalue weighted by Crippen LogP contribution is -2.20. The van der Waals surface area contributed by atoms with E-state index in [2.05, 4.69) is 0 Å². The van der Waals surface area contributed by atoms with Gasteiger partial charge in [-0.3, -0.25) is 4.79 Å². The van der Waals surface area contributed by atoms with Gasteiger partial charge in [-0.1, -0.05) is 29.8 Å². The van der Waals surface area contributed by atoms with E-state index in [0.717, 1.165) is 10.4 Å². The molecule has 0 radical (unpaired) electrons. The molecule has 4 heteroatoms. The standard InChI is InChI=1S/C13H12ClNOS/c1-8-4-5-9(7-10(8)14)13(16)12(15)11-3-2-6-17-11/h2-7,12H,15H2,1H3. The van der Waals surface area contributed by atoms with Crippen LogP contribution in [0.1, 0.15) is 26.8 Å². The number of aryl methyl sites for hydroxylation is 1. The van der Waals surface area contributed by atoms with Crippen molar-refractivity contribution in [3.63, 3.8) is 0 Å². The Morgan fingerprint density at radius 2 is 2.18 bits per heavy atom. The average molecular weight is 266 g/mol. The fourth-order valence-electron chi connectivity index (χ4n) is 1.52. The molecule has 2 aromatic rings. The SMILES string of the molecule is Cc1ccc(C(=O)C(N)c2cccs2)cc1Cl. The van der Waals surface area contributed by atoms with Crippen LogP contribution in [-0.4, -0.2) is 5.78 Å². The number of hydrogen-bond donors (Lipinski definition) is 1. The second-order valence-electron chi connectivity index (χ2n) is 3.82. The van der Waals surface area contributed by atoms with Crippen molar-refractivity contribution in [2.24, 2.45) is 5.73 Å². The van der Waals surface area contributed by atoms with Gasteiger partial charge in [0.1, 0.15) is 6.04 Å². The van der Waals surface area contributed by atoms with Gasteiger partial charge in [0.25, 0.3) is 0 Å². The number of rotatable bonds is 3. The van der Waals surface area contributed by atoms with Crippen molar-refractivity contribution in [2.45, 2.75) is 13.0 Å². The van der Waals surface area contributed by atoms with Crippen LogP contribution in [0, 0.1) is 6.92 Å². The van der Waals surface area contributed by atoms with Gasteiger partial charge < -0.3 is 5.73 Å². The van der Waals surface area contributed by atoms with Crippen molar-refractivity contribution in [1.29, 1.82) is 0 Å². The van der Waals surface area contributed by atoms with E-state index in [-0.39, 0.29) is 5.78 Å². The second-order valence-corrected chi connectivity index (χ2v) is 5.21. The molecular formula is C13H12ClNOS. The Morgan fingerprint density at radius 3 is 2.76 bits per heavy atom. The Bertz CT molecular complexity index is 536. The van der Waals surface area contributed by atoms with Crippen LogP contribution in [0.2, 0.25) is 5.02 Å². The molecule has 0 aliphatic heterocycles. The molecule has 1 heterocycles. The van der Waals surface area contributed by atoms with Crippen LogP contribution in [0.4, 0.5) is 0 Å². The number of Topliss-reactive ketones (excluding diaryl/α,β-unsaturated/α-hetero) is 1. The maximum atomic E-state index is 12.1. The molecule has 2 nitrogen and oxygen atoms in total. The van der Waals surface area contributed by atoms with Gasteiger partial charge in [0.2, 0.25) is 0 Å². The lowest BCUT2D eigenvalue weighted by molar-refractivity contribution is 0.0962. The zero-order valence-corrected chi connectivity index (χ0v) is 10.9. The normalized spacial score (nSPS) is 12.4. The third-order valence-corrected chi connectivity index (χ3v) is 3.95. The number of carbonyl (C=O) groups is 1. The minimum absolute atomic E-state index is 0.102. The monoisotopic (exact) mass is 265 g/mol. The van der Waals surface area contributed by atoms with Gasteiger partial charge >= 0.3 is 0 Å². The van der Waals surface area contributed by atoms with Crippen molar-refractivity contribution in [3.05, 3.63) is 56.7 Å². The molecule has 0 aliphatic carbocycles. The molecule has 0 fully saturated rings. The van der Waals surface area contributed by atoms with E-state index < -0.39 is 6.04 Å². The van der Waals surface area contributed by atoms with Crippen molar-refractivity contribution < 1.29 is 4.79 Å². The first-order valence-corrected chi connectivity index (χ1v) is 6.44. The molecule has 0 saturated carbocycles. The van der Waals surface area contributed by atoms with Crippen molar-refractivity contribution in [3.8, 4) is 0 Å². The molecule has 0 aliphatic rings. The summed E-state index contributed by atoms with van der Waals surface area (Å²) in [5, 5.41) is 2.50. The Balaban J connectivity index is 2.28. The number of thiophene rings is 1. The number of nitrogens with two attached hydrogens (primary N) is 1. The number of carbonyl (C=O) groups excluding carboxylic acids is 1. The minimum atomic E-state index is -0.603. The maximum Gasteiger partial charge on any atom is 0.184 e. The summed E-state index contributed by atoms with van der Waals surface area (Å²) in [4.78, 5) is 13.0. The highest BCUT2D eigenvalue weighted by atomic mass is 35.5. The summed E-state index contributed by atoms with van der Waals surface area (Å²) >= 11 is 7.48. The smallest absolute Gasteiger partial charge is 0.184 e. The first kappa shape index (κ1) is 12.3. The predicted octanol–water partition coefficient (Wildman–Crippen LogP) is 3.59. The molecule has 17 heavy (non-hydrogen) atoms. The maximum absolute atomic E-state index is 12.1. The van der Waals surface area contributed by atoms with Crippen molar-refractivity contribution >= 4 is 28.7 Å².